The molecule has 0 spiro atoms. The van der Waals surface area contributed by atoms with E-state index < -0.39 is 0 Å². The molecule has 0 aliphatic rings. The van der Waals surface area contributed by atoms with Crippen molar-refractivity contribution in [3.05, 3.63) is 62.9 Å². The van der Waals surface area contributed by atoms with E-state index in [4.69, 9.17) is 0 Å². The van der Waals surface area contributed by atoms with Crippen LogP contribution < -0.4 is 5.32 Å². The van der Waals surface area contributed by atoms with Crippen molar-refractivity contribution >= 4 is 43.0 Å². The number of rotatable bonds is 3. The predicted octanol–water partition coefficient (Wildman–Crippen LogP) is 6.45. The van der Waals surface area contributed by atoms with Crippen molar-refractivity contribution < 1.29 is 0 Å². The molecule has 0 amide bonds. The van der Waals surface area contributed by atoms with Gasteiger partial charge in [0.15, 0.2) is 0 Å². The Bertz CT molecular complexity index is 771. The van der Waals surface area contributed by atoms with E-state index in [0.717, 1.165) is 10.2 Å². The topological polar surface area (TPSA) is 12.0 Å². The van der Waals surface area contributed by atoms with E-state index in [1.165, 1.54) is 26.1 Å². The summed E-state index contributed by atoms with van der Waals surface area (Å²) in [7, 11) is 0. The second-order valence-electron chi connectivity index (χ2n) is 5.47. The first-order valence-electron chi connectivity index (χ1n) is 7.06. The number of anilines is 1. The standard InChI is InChI=1S/C18H18BrNS/c1-11-8-14(19)10-15(9-11)20-13(3)18-12(2)16-6-4-5-7-17(16)21-18/h4-10,13,20H,1-3H3. The quantitative estimate of drug-likeness (QED) is 0.566. The van der Waals surface area contributed by atoms with E-state index in [1.807, 2.05) is 11.3 Å². The maximum Gasteiger partial charge on any atom is 0.0581 e. The first kappa shape index (κ1) is 14.6. The third-order valence-corrected chi connectivity index (χ3v) is 5.61. The van der Waals surface area contributed by atoms with Crippen LogP contribution in [0.25, 0.3) is 10.1 Å². The number of hydrogen-bond acceptors (Lipinski definition) is 2. The highest BCUT2D eigenvalue weighted by atomic mass is 79.9. The van der Waals surface area contributed by atoms with Crippen molar-refractivity contribution in [1.29, 1.82) is 0 Å². The number of hydrogen-bond donors (Lipinski definition) is 1. The first-order valence-corrected chi connectivity index (χ1v) is 8.67. The molecule has 1 atom stereocenters. The predicted molar refractivity (Wildman–Crippen MR) is 97.5 cm³/mol. The van der Waals surface area contributed by atoms with Crippen molar-refractivity contribution in [3.8, 4) is 0 Å². The molecule has 0 fully saturated rings. The van der Waals surface area contributed by atoms with Gasteiger partial charge in [0, 0.05) is 19.7 Å². The fourth-order valence-corrected chi connectivity index (χ4v) is 4.56. The number of fused-ring (bicyclic) bond motifs is 1. The fraction of sp³-hybridized carbons (Fsp3) is 0.222. The van der Waals surface area contributed by atoms with Crippen LogP contribution in [0.5, 0.6) is 0 Å². The molecule has 0 aliphatic carbocycles. The molecule has 21 heavy (non-hydrogen) atoms. The van der Waals surface area contributed by atoms with Gasteiger partial charge in [-0.05, 0) is 61.5 Å². The Labute approximate surface area is 138 Å². The molecular formula is C18H18BrNS. The molecular weight excluding hydrogens is 342 g/mol. The number of aryl methyl sites for hydroxylation is 2. The minimum Gasteiger partial charge on any atom is -0.378 e. The second-order valence-corrected chi connectivity index (χ2v) is 7.47. The molecule has 1 nitrogen and oxygen atoms in total. The molecule has 3 rings (SSSR count). The Morgan fingerprint density at radius 1 is 1.10 bits per heavy atom. The summed E-state index contributed by atoms with van der Waals surface area (Å²) in [5, 5.41) is 4.99. The number of benzene rings is 2. The van der Waals surface area contributed by atoms with Crippen LogP contribution in [0.3, 0.4) is 0 Å². The molecule has 1 heterocycles. The summed E-state index contributed by atoms with van der Waals surface area (Å²) in [5.41, 5.74) is 3.81. The Morgan fingerprint density at radius 2 is 1.86 bits per heavy atom. The Morgan fingerprint density at radius 3 is 2.57 bits per heavy atom. The van der Waals surface area contributed by atoms with Gasteiger partial charge in [0.05, 0.1) is 6.04 Å². The van der Waals surface area contributed by atoms with Crippen LogP contribution in [0, 0.1) is 13.8 Å². The number of nitrogens with one attached hydrogen (secondary N) is 1. The van der Waals surface area contributed by atoms with E-state index in [2.05, 4.69) is 84.5 Å². The molecule has 1 unspecified atom stereocenters. The third kappa shape index (κ3) is 2.99. The van der Waals surface area contributed by atoms with Gasteiger partial charge in [-0.3, -0.25) is 0 Å². The zero-order valence-electron chi connectivity index (χ0n) is 12.4. The summed E-state index contributed by atoms with van der Waals surface area (Å²) in [4.78, 5) is 1.41. The maximum atomic E-state index is 3.62. The number of thiophene rings is 1. The third-order valence-electron chi connectivity index (χ3n) is 3.70. The van der Waals surface area contributed by atoms with Crippen molar-refractivity contribution in [2.45, 2.75) is 26.8 Å². The molecule has 3 aromatic rings. The van der Waals surface area contributed by atoms with Crippen LogP contribution in [-0.4, -0.2) is 0 Å². The summed E-state index contributed by atoms with van der Waals surface area (Å²) in [5.74, 6) is 0. The molecule has 3 heteroatoms. The molecule has 1 aromatic heterocycles. The van der Waals surface area contributed by atoms with Gasteiger partial charge in [-0.25, -0.2) is 0 Å². The highest BCUT2D eigenvalue weighted by Crippen LogP contribution is 2.36. The normalized spacial score (nSPS) is 12.6. The molecule has 2 aromatic carbocycles. The summed E-state index contributed by atoms with van der Waals surface area (Å²) in [6.07, 6.45) is 0. The minimum atomic E-state index is 0.302. The zero-order valence-corrected chi connectivity index (χ0v) is 14.8. The van der Waals surface area contributed by atoms with E-state index in [1.54, 1.807) is 0 Å². The average Bonchev–Trinajstić information content (AvgIpc) is 2.76. The molecule has 0 saturated heterocycles. The van der Waals surface area contributed by atoms with Crippen LogP contribution in [0.4, 0.5) is 5.69 Å². The van der Waals surface area contributed by atoms with E-state index >= 15 is 0 Å². The molecule has 0 saturated carbocycles. The summed E-state index contributed by atoms with van der Waals surface area (Å²) in [6, 6.07) is 15.4. The van der Waals surface area contributed by atoms with Crippen LogP contribution in [0.1, 0.15) is 29.0 Å². The van der Waals surface area contributed by atoms with Crippen LogP contribution in [0.15, 0.2) is 46.9 Å². The maximum absolute atomic E-state index is 3.62. The summed E-state index contributed by atoms with van der Waals surface area (Å²) < 4.78 is 2.48. The van der Waals surface area contributed by atoms with Gasteiger partial charge in [0.25, 0.3) is 0 Å². The van der Waals surface area contributed by atoms with Gasteiger partial charge in [0.1, 0.15) is 0 Å². The SMILES string of the molecule is Cc1cc(Br)cc(NC(C)c2sc3ccccc3c2C)c1. The summed E-state index contributed by atoms with van der Waals surface area (Å²) >= 11 is 5.45. The van der Waals surface area contributed by atoms with Crippen molar-refractivity contribution in [2.24, 2.45) is 0 Å². The summed E-state index contributed by atoms with van der Waals surface area (Å²) in [6.45, 7) is 6.57. The van der Waals surface area contributed by atoms with Crippen LogP contribution in [0.2, 0.25) is 0 Å². The lowest BCUT2D eigenvalue weighted by Crippen LogP contribution is -2.06. The van der Waals surface area contributed by atoms with Crippen LogP contribution in [-0.2, 0) is 0 Å². The van der Waals surface area contributed by atoms with E-state index in [9.17, 15) is 0 Å². The van der Waals surface area contributed by atoms with Crippen molar-refractivity contribution in [1.82, 2.24) is 0 Å². The van der Waals surface area contributed by atoms with Gasteiger partial charge < -0.3 is 5.32 Å². The highest BCUT2D eigenvalue weighted by Gasteiger charge is 2.14. The Kier molecular flexibility index (Phi) is 4.05. The first-order chi connectivity index (χ1) is 10.0. The second kappa shape index (κ2) is 5.82. The highest BCUT2D eigenvalue weighted by molar-refractivity contribution is 9.10. The average molecular weight is 360 g/mol. The Hall–Kier alpha value is -1.32. The smallest absolute Gasteiger partial charge is 0.0581 e. The zero-order chi connectivity index (χ0) is 15.0. The monoisotopic (exact) mass is 359 g/mol. The van der Waals surface area contributed by atoms with Gasteiger partial charge in [0.2, 0.25) is 0 Å². The van der Waals surface area contributed by atoms with Crippen LogP contribution >= 0.6 is 27.3 Å². The fourth-order valence-electron chi connectivity index (χ4n) is 2.74. The van der Waals surface area contributed by atoms with Crippen molar-refractivity contribution in [2.75, 3.05) is 5.32 Å². The van der Waals surface area contributed by atoms with Gasteiger partial charge in [-0.2, -0.15) is 0 Å². The van der Waals surface area contributed by atoms with Gasteiger partial charge in [-0.1, -0.05) is 34.1 Å². The lowest BCUT2D eigenvalue weighted by atomic mass is 10.1. The molecule has 108 valence electrons. The molecule has 1 N–H and O–H groups in total. The van der Waals surface area contributed by atoms with Gasteiger partial charge >= 0.3 is 0 Å². The molecule has 0 radical (unpaired) electrons. The van der Waals surface area contributed by atoms with Crippen molar-refractivity contribution in [3.63, 3.8) is 0 Å². The molecule has 0 bridgehead atoms. The largest absolute Gasteiger partial charge is 0.378 e. The van der Waals surface area contributed by atoms with E-state index in [-0.39, 0.29) is 0 Å². The lowest BCUT2D eigenvalue weighted by Gasteiger charge is -2.16. The van der Waals surface area contributed by atoms with E-state index in [0.29, 0.717) is 6.04 Å². The number of halogens is 1. The minimum absolute atomic E-state index is 0.302. The Balaban J connectivity index is 1.93. The lowest BCUT2D eigenvalue weighted by molar-refractivity contribution is 0.900. The van der Waals surface area contributed by atoms with Gasteiger partial charge in [-0.15, -0.1) is 11.3 Å². The molecule has 0 aliphatic heterocycles.